The average molecular weight is 398 g/mol. The molecule has 26 heavy (non-hydrogen) atoms. The van der Waals surface area contributed by atoms with Crippen LogP contribution in [0, 0.1) is 10.1 Å². The summed E-state index contributed by atoms with van der Waals surface area (Å²) in [5, 5.41) is 10.2. The first-order chi connectivity index (χ1) is 12.4. The number of nitro groups is 1. The van der Waals surface area contributed by atoms with E-state index in [0.717, 1.165) is 12.0 Å². The number of benzene rings is 2. The van der Waals surface area contributed by atoms with Crippen molar-refractivity contribution in [2.24, 2.45) is 0 Å². The monoisotopic (exact) mass is 397 g/mol. The second-order valence-corrected chi connectivity index (χ2v) is 6.16. The van der Waals surface area contributed by atoms with E-state index in [0.29, 0.717) is 5.75 Å². The van der Waals surface area contributed by atoms with Gasteiger partial charge in [-0.25, -0.2) is 0 Å². The fraction of sp³-hybridized carbons (Fsp3) is 0.278. The molecule has 0 heterocycles. The number of halogens is 2. The van der Waals surface area contributed by atoms with E-state index in [-0.39, 0.29) is 29.5 Å². The van der Waals surface area contributed by atoms with E-state index in [4.69, 9.17) is 32.7 Å². The Morgan fingerprint density at radius 2 is 1.96 bits per heavy atom. The zero-order valence-electron chi connectivity index (χ0n) is 14.0. The van der Waals surface area contributed by atoms with Crippen molar-refractivity contribution in [3.05, 3.63) is 63.2 Å². The fourth-order valence-corrected chi connectivity index (χ4v) is 2.66. The van der Waals surface area contributed by atoms with Gasteiger partial charge in [0.2, 0.25) is 0 Å². The Labute approximate surface area is 160 Å². The van der Waals surface area contributed by atoms with Gasteiger partial charge in [0.15, 0.2) is 6.10 Å². The number of ether oxygens (including phenoxy) is 2. The van der Waals surface area contributed by atoms with E-state index in [1.165, 1.54) is 18.2 Å². The quantitative estimate of drug-likeness (QED) is 0.345. The Hall–Kier alpha value is -2.31. The normalized spacial score (nSPS) is 11.7. The minimum Gasteiger partial charge on any atom is -0.492 e. The van der Waals surface area contributed by atoms with Crippen LogP contribution in [-0.4, -0.2) is 22.9 Å². The third-order valence-electron chi connectivity index (χ3n) is 3.64. The van der Waals surface area contributed by atoms with Crippen molar-refractivity contribution in [2.45, 2.75) is 25.9 Å². The molecule has 0 spiro atoms. The molecule has 0 fully saturated rings. The van der Waals surface area contributed by atoms with Gasteiger partial charge in [0.05, 0.1) is 16.6 Å². The number of hydrogen-bond acceptors (Lipinski definition) is 5. The third-order valence-corrected chi connectivity index (χ3v) is 4.18. The molecule has 0 aliphatic carbocycles. The lowest BCUT2D eigenvalue weighted by molar-refractivity contribution is -0.384. The number of carbonyl (C=O) groups excluding carboxylic acids is 1. The number of nitro benzene ring substituents is 1. The van der Waals surface area contributed by atoms with Crippen LogP contribution in [0.2, 0.25) is 5.02 Å². The van der Waals surface area contributed by atoms with Crippen LogP contribution in [-0.2, 0) is 11.2 Å². The summed E-state index contributed by atoms with van der Waals surface area (Å²) in [5.41, 5.74) is 0.838. The first kappa shape index (κ1) is 20.0. The predicted octanol–water partition coefficient (Wildman–Crippen LogP) is 4.79. The maximum absolute atomic E-state index is 11.7. The summed E-state index contributed by atoms with van der Waals surface area (Å²) in [4.78, 5) is 21.8. The number of non-ortho nitro benzene ring substituents is 1. The topological polar surface area (TPSA) is 78.7 Å². The van der Waals surface area contributed by atoms with E-state index < -0.39 is 16.3 Å². The molecular weight excluding hydrogens is 381 g/mol. The molecule has 2 aromatic carbocycles. The van der Waals surface area contributed by atoms with E-state index in [2.05, 4.69) is 0 Å². The third kappa shape index (κ3) is 5.34. The molecule has 0 bridgehead atoms. The van der Waals surface area contributed by atoms with Gasteiger partial charge in [-0.15, -0.1) is 0 Å². The average Bonchev–Trinajstić information content (AvgIpc) is 2.62. The maximum Gasteiger partial charge on any atom is 0.271 e. The molecule has 138 valence electrons. The van der Waals surface area contributed by atoms with E-state index in [9.17, 15) is 14.9 Å². The molecule has 0 amide bonds. The molecule has 0 N–H and O–H groups in total. The molecule has 0 radical (unpaired) electrons. The van der Waals surface area contributed by atoms with Crippen molar-refractivity contribution in [1.29, 1.82) is 0 Å². The Bertz CT molecular complexity index is 797. The molecular formula is C18H17Cl2NO5. The summed E-state index contributed by atoms with van der Waals surface area (Å²) in [7, 11) is 0. The second kappa shape index (κ2) is 9.40. The van der Waals surface area contributed by atoms with Gasteiger partial charge < -0.3 is 9.47 Å². The summed E-state index contributed by atoms with van der Waals surface area (Å²) < 4.78 is 11.2. The first-order valence-corrected chi connectivity index (χ1v) is 8.68. The molecule has 0 saturated heterocycles. The van der Waals surface area contributed by atoms with Gasteiger partial charge in [0.1, 0.15) is 11.5 Å². The summed E-state index contributed by atoms with van der Waals surface area (Å²) in [5.74, 6) is 0.884. The molecule has 8 heteroatoms. The Kier molecular flexibility index (Phi) is 7.24. The number of carbonyl (C=O) groups is 1. The van der Waals surface area contributed by atoms with Crippen LogP contribution in [0.1, 0.15) is 18.9 Å². The van der Waals surface area contributed by atoms with E-state index >= 15 is 0 Å². The van der Waals surface area contributed by atoms with Gasteiger partial charge in [0, 0.05) is 18.6 Å². The van der Waals surface area contributed by atoms with Crippen LogP contribution in [0.4, 0.5) is 5.69 Å². The highest BCUT2D eigenvalue weighted by Crippen LogP contribution is 2.29. The van der Waals surface area contributed by atoms with Gasteiger partial charge in [-0.3, -0.25) is 14.9 Å². The van der Waals surface area contributed by atoms with Crippen molar-refractivity contribution in [1.82, 2.24) is 0 Å². The standard InChI is InChI=1S/C18H17Cl2NO5/c1-2-12-5-3-4-6-15(12)26-17(18(20)22)9-10-25-16-8-7-13(21(23)24)11-14(16)19/h3-8,11,17H,2,9-10H2,1H3. The molecule has 2 rings (SSSR count). The molecule has 0 aromatic heterocycles. The highest BCUT2D eigenvalue weighted by atomic mass is 35.5. The minimum absolute atomic E-state index is 0.106. The highest BCUT2D eigenvalue weighted by molar-refractivity contribution is 6.64. The van der Waals surface area contributed by atoms with E-state index in [1.54, 1.807) is 6.07 Å². The van der Waals surface area contributed by atoms with Crippen molar-refractivity contribution >= 4 is 34.1 Å². The SMILES string of the molecule is CCc1ccccc1OC(CCOc1ccc([N+](=O)[O-])cc1Cl)C(=O)Cl. The highest BCUT2D eigenvalue weighted by Gasteiger charge is 2.20. The van der Waals surface area contributed by atoms with Crippen LogP contribution in [0.5, 0.6) is 11.5 Å². The number of aryl methyl sites for hydroxylation is 1. The second-order valence-electron chi connectivity index (χ2n) is 5.38. The summed E-state index contributed by atoms with van der Waals surface area (Å²) >= 11 is 11.6. The molecule has 0 saturated carbocycles. The van der Waals surface area contributed by atoms with Crippen molar-refractivity contribution in [3.8, 4) is 11.5 Å². The molecule has 1 unspecified atom stereocenters. The smallest absolute Gasteiger partial charge is 0.271 e. The molecule has 1 atom stereocenters. The Balaban J connectivity index is 1.99. The number of rotatable bonds is 9. The van der Waals surface area contributed by atoms with Crippen molar-refractivity contribution < 1.29 is 19.2 Å². The lowest BCUT2D eigenvalue weighted by Crippen LogP contribution is -2.26. The number of hydrogen-bond donors (Lipinski definition) is 0. The van der Waals surface area contributed by atoms with Gasteiger partial charge in [-0.05, 0) is 35.7 Å². The minimum atomic E-state index is -0.874. The van der Waals surface area contributed by atoms with Crippen LogP contribution in [0.3, 0.4) is 0 Å². The van der Waals surface area contributed by atoms with Crippen molar-refractivity contribution in [2.75, 3.05) is 6.61 Å². The lowest BCUT2D eigenvalue weighted by atomic mass is 10.1. The van der Waals surface area contributed by atoms with Crippen LogP contribution in [0.15, 0.2) is 42.5 Å². The van der Waals surface area contributed by atoms with E-state index in [1.807, 2.05) is 25.1 Å². The zero-order valence-corrected chi connectivity index (χ0v) is 15.5. The first-order valence-electron chi connectivity index (χ1n) is 7.93. The predicted molar refractivity (Wildman–Crippen MR) is 99.3 cm³/mol. The van der Waals surface area contributed by atoms with Gasteiger partial charge in [-0.2, -0.15) is 0 Å². The molecule has 0 aliphatic heterocycles. The van der Waals surface area contributed by atoms with Crippen LogP contribution in [0.25, 0.3) is 0 Å². The van der Waals surface area contributed by atoms with Gasteiger partial charge in [0.25, 0.3) is 10.9 Å². The summed E-state index contributed by atoms with van der Waals surface area (Å²) in [6, 6.07) is 11.3. The van der Waals surface area contributed by atoms with Crippen molar-refractivity contribution in [3.63, 3.8) is 0 Å². The van der Waals surface area contributed by atoms with Gasteiger partial charge >= 0.3 is 0 Å². The van der Waals surface area contributed by atoms with Gasteiger partial charge in [-0.1, -0.05) is 36.7 Å². The molecule has 2 aromatic rings. The molecule has 6 nitrogen and oxygen atoms in total. The molecule has 0 aliphatic rings. The Morgan fingerprint density at radius 3 is 2.58 bits per heavy atom. The summed E-state index contributed by atoms with van der Waals surface area (Å²) in [6.45, 7) is 2.09. The van der Waals surface area contributed by atoms with Crippen LogP contribution >= 0.6 is 23.2 Å². The zero-order chi connectivity index (χ0) is 19.1. The number of para-hydroxylation sites is 1. The lowest BCUT2D eigenvalue weighted by Gasteiger charge is -2.18. The van der Waals surface area contributed by atoms with Crippen LogP contribution < -0.4 is 9.47 Å². The Morgan fingerprint density at radius 1 is 1.23 bits per heavy atom. The number of nitrogens with zero attached hydrogens (tertiary/aromatic N) is 1. The fourth-order valence-electron chi connectivity index (χ4n) is 2.28. The largest absolute Gasteiger partial charge is 0.492 e. The maximum atomic E-state index is 11.7. The summed E-state index contributed by atoms with van der Waals surface area (Å²) in [6.07, 6.45) is 0.0864.